The molecular weight excluding hydrogens is 288 g/mol. The molecule has 0 unspecified atom stereocenters. The Labute approximate surface area is 133 Å². The molecule has 23 heavy (non-hydrogen) atoms. The van der Waals surface area contributed by atoms with Crippen molar-refractivity contribution >= 4 is 22.8 Å². The van der Waals surface area contributed by atoms with Gasteiger partial charge in [-0.2, -0.15) is 0 Å². The highest BCUT2D eigenvalue weighted by atomic mass is 16.1. The minimum absolute atomic E-state index is 0.120. The Balaban J connectivity index is 1.65. The van der Waals surface area contributed by atoms with Crippen LogP contribution in [-0.2, 0) is 6.54 Å². The average Bonchev–Trinajstić information content (AvgIpc) is 3.13. The maximum atomic E-state index is 12.6. The smallest absolute Gasteiger partial charge is 0.257 e. The van der Waals surface area contributed by atoms with Crippen LogP contribution in [0.25, 0.3) is 5.52 Å². The highest BCUT2D eigenvalue weighted by molar-refractivity contribution is 6.07. The minimum Gasteiger partial charge on any atom is -0.322 e. The van der Waals surface area contributed by atoms with E-state index in [9.17, 15) is 4.79 Å². The lowest BCUT2D eigenvalue weighted by molar-refractivity contribution is 0.102. The van der Waals surface area contributed by atoms with Gasteiger partial charge in [0.1, 0.15) is 0 Å². The number of hydrogen-bond donors (Lipinski definition) is 1. The van der Waals surface area contributed by atoms with E-state index in [1.807, 2.05) is 48.7 Å². The summed E-state index contributed by atoms with van der Waals surface area (Å²) in [5.74, 6) is -0.120. The summed E-state index contributed by atoms with van der Waals surface area (Å²) >= 11 is 0. The Morgan fingerprint density at radius 2 is 2.13 bits per heavy atom. The van der Waals surface area contributed by atoms with Crippen molar-refractivity contribution < 1.29 is 4.79 Å². The van der Waals surface area contributed by atoms with E-state index in [2.05, 4.69) is 15.3 Å². The number of imidazole rings is 1. The van der Waals surface area contributed by atoms with Crippen molar-refractivity contribution in [1.82, 2.24) is 9.38 Å². The van der Waals surface area contributed by atoms with Gasteiger partial charge in [0.2, 0.25) is 0 Å². The minimum atomic E-state index is -0.120. The van der Waals surface area contributed by atoms with Crippen LogP contribution < -0.4 is 5.32 Å². The highest BCUT2D eigenvalue weighted by Gasteiger charge is 2.15. The van der Waals surface area contributed by atoms with Gasteiger partial charge in [-0.25, -0.2) is 4.98 Å². The van der Waals surface area contributed by atoms with Gasteiger partial charge in [-0.15, -0.1) is 0 Å². The number of hydrogen-bond acceptors (Lipinski definition) is 3. The monoisotopic (exact) mass is 304 g/mol. The number of nitrogens with one attached hydrogen (secondary N) is 1. The number of nitrogens with zero attached hydrogens (tertiary/aromatic N) is 3. The fourth-order valence-corrected chi connectivity index (χ4v) is 2.93. The maximum absolute atomic E-state index is 12.6. The van der Waals surface area contributed by atoms with Gasteiger partial charge in [0.25, 0.3) is 5.91 Å². The molecule has 0 radical (unpaired) electrons. The second kappa shape index (κ2) is 5.05. The number of fused-ring (bicyclic) bond motifs is 2. The van der Waals surface area contributed by atoms with Crippen LogP contribution in [0.2, 0.25) is 0 Å². The molecule has 0 aliphatic carbocycles. The Hall–Kier alpha value is -2.95. The van der Waals surface area contributed by atoms with E-state index < -0.39 is 0 Å². The van der Waals surface area contributed by atoms with Crippen LogP contribution in [0.15, 0.2) is 48.0 Å². The van der Waals surface area contributed by atoms with Crippen molar-refractivity contribution in [3.05, 3.63) is 65.2 Å². The third-order valence-electron chi connectivity index (χ3n) is 4.24. The van der Waals surface area contributed by atoms with Gasteiger partial charge in [0.05, 0.1) is 30.1 Å². The van der Waals surface area contributed by atoms with Crippen molar-refractivity contribution in [2.45, 2.75) is 20.4 Å². The lowest BCUT2D eigenvalue weighted by Gasteiger charge is -2.10. The van der Waals surface area contributed by atoms with Crippen LogP contribution >= 0.6 is 0 Å². The zero-order valence-corrected chi connectivity index (χ0v) is 13.0. The summed E-state index contributed by atoms with van der Waals surface area (Å²) in [7, 11) is 0. The topological polar surface area (TPSA) is 58.8 Å². The van der Waals surface area contributed by atoms with E-state index in [0.29, 0.717) is 5.56 Å². The van der Waals surface area contributed by atoms with E-state index in [0.717, 1.165) is 34.6 Å². The number of carbonyl (C=O) groups excluding carboxylic acids is 1. The van der Waals surface area contributed by atoms with Gasteiger partial charge in [-0.05, 0) is 43.2 Å². The van der Waals surface area contributed by atoms with Crippen LogP contribution in [-0.4, -0.2) is 21.0 Å². The van der Waals surface area contributed by atoms with E-state index >= 15 is 0 Å². The molecule has 0 saturated carbocycles. The third-order valence-corrected chi connectivity index (χ3v) is 4.24. The predicted octanol–water partition coefficient (Wildman–Crippen LogP) is 3.22. The molecule has 1 N–H and O–H groups in total. The normalized spacial score (nSPS) is 13.0. The maximum Gasteiger partial charge on any atom is 0.257 e. The van der Waals surface area contributed by atoms with Crippen molar-refractivity contribution in [3.63, 3.8) is 0 Å². The van der Waals surface area contributed by atoms with E-state index in [1.165, 1.54) is 5.56 Å². The standard InChI is InChI=1S/C18H16N4O/c1-11-5-15-8-19-10-22(15)9-17(11)18(23)21-14-4-3-13-7-20-12(2)16(13)6-14/h3-6,8-10H,7H2,1-2H3,(H,21,23). The quantitative estimate of drug-likeness (QED) is 0.790. The van der Waals surface area contributed by atoms with Gasteiger partial charge in [0.15, 0.2) is 0 Å². The molecule has 5 nitrogen and oxygen atoms in total. The van der Waals surface area contributed by atoms with Crippen LogP contribution in [0.5, 0.6) is 0 Å². The van der Waals surface area contributed by atoms with Crippen molar-refractivity contribution in [2.24, 2.45) is 4.99 Å². The SMILES string of the molecule is CC1=NCc2ccc(NC(=O)c3cn4cncc4cc3C)cc21. The van der Waals surface area contributed by atoms with Crippen LogP contribution in [0.3, 0.4) is 0 Å². The highest BCUT2D eigenvalue weighted by Crippen LogP contribution is 2.23. The molecule has 0 bridgehead atoms. The molecular formula is C18H16N4O. The van der Waals surface area contributed by atoms with Crippen molar-refractivity contribution in [3.8, 4) is 0 Å². The molecule has 0 saturated heterocycles. The lowest BCUT2D eigenvalue weighted by atomic mass is 10.1. The second-order valence-corrected chi connectivity index (χ2v) is 5.82. The molecule has 1 aromatic carbocycles. The molecule has 1 aliphatic heterocycles. The summed E-state index contributed by atoms with van der Waals surface area (Å²) in [6, 6.07) is 7.90. The number of aromatic nitrogens is 2. The Morgan fingerprint density at radius 3 is 3.00 bits per heavy atom. The van der Waals surface area contributed by atoms with E-state index in [1.54, 1.807) is 12.5 Å². The van der Waals surface area contributed by atoms with Gasteiger partial charge in [-0.1, -0.05) is 6.07 Å². The molecule has 1 aliphatic rings. The van der Waals surface area contributed by atoms with Gasteiger partial charge < -0.3 is 9.72 Å². The molecule has 114 valence electrons. The first-order valence-corrected chi connectivity index (χ1v) is 7.50. The fourth-order valence-electron chi connectivity index (χ4n) is 2.93. The molecule has 3 heterocycles. The number of rotatable bonds is 2. The summed E-state index contributed by atoms with van der Waals surface area (Å²) in [5.41, 5.74) is 6.67. The largest absolute Gasteiger partial charge is 0.322 e. The zero-order chi connectivity index (χ0) is 16.0. The first-order chi connectivity index (χ1) is 11.1. The first-order valence-electron chi connectivity index (χ1n) is 7.50. The Bertz CT molecular complexity index is 968. The molecule has 2 aromatic heterocycles. The number of anilines is 1. The number of aryl methyl sites for hydroxylation is 1. The van der Waals surface area contributed by atoms with Gasteiger partial charge in [0, 0.05) is 23.2 Å². The van der Waals surface area contributed by atoms with Crippen LogP contribution in [0, 0.1) is 6.92 Å². The number of benzene rings is 1. The molecule has 4 rings (SSSR count). The Morgan fingerprint density at radius 1 is 1.26 bits per heavy atom. The molecule has 0 fully saturated rings. The summed E-state index contributed by atoms with van der Waals surface area (Å²) < 4.78 is 1.85. The van der Waals surface area contributed by atoms with Gasteiger partial charge in [-0.3, -0.25) is 9.79 Å². The van der Waals surface area contributed by atoms with Crippen LogP contribution in [0.4, 0.5) is 5.69 Å². The predicted molar refractivity (Wildman–Crippen MR) is 90.2 cm³/mol. The summed E-state index contributed by atoms with van der Waals surface area (Å²) in [5, 5.41) is 2.98. The number of pyridine rings is 1. The van der Waals surface area contributed by atoms with Gasteiger partial charge >= 0.3 is 0 Å². The number of aliphatic imine (C=N–C) groups is 1. The number of carbonyl (C=O) groups is 1. The molecule has 1 amide bonds. The second-order valence-electron chi connectivity index (χ2n) is 5.82. The third kappa shape index (κ3) is 2.30. The molecule has 0 atom stereocenters. The average molecular weight is 304 g/mol. The molecule has 0 spiro atoms. The summed E-state index contributed by atoms with van der Waals surface area (Å²) in [6.07, 6.45) is 5.28. The lowest BCUT2D eigenvalue weighted by Crippen LogP contribution is -2.14. The van der Waals surface area contributed by atoms with E-state index in [-0.39, 0.29) is 5.91 Å². The van der Waals surface area contributed by atoms with E-state index in [4.69, 9.17) is 0 Å². The van der Waals surface area contributed by atoms with Crippen molar-refractivity contribution in [1.29, 1.82) is 0 Å². The van der Waals surface area contributed by atoms with Crippen LogP contribution in [0.1, 0.15) is 34.0 Å². The van der Waals surface area contributed by atoms with Crippen molar-refractivity contribution in [2.75, 3.05) is 5.32 Å². The fraction of sp³-hybridized carbons (Fsp3) is 0.167. The first kappa shape index (κ1) is 13.7. The number of amides is 1. The Kier molecular flexibility index (Phi) is 3.01. The zero-order valence-electron chi connectivity index (χ0n) is 13.0. The summed E-state index contributed by atoms with van der Waals surface area (Å²) in [4.78, 5) is 21.1. The molecule has 3 aromatic rings. The molecule has 5 heteroatoms. The summed E-state index contributed by atoms with van der Waals surface area (Å²) in [6.45, 7) is 4.65.